The van der Waals surface area contributed by atoms with E-state index in [1.54, 1.807) is 18.5 Å². The maximum absolute atomic E-state index is 12.6. The molecule has 3 heteroatoms. The summed E-state index contributed by atoms with van der Waals surface area (Å²) < 4.78 is 5.34. The summed E-state index contributed by atoms with van der Waals surface area (Å²) >= 11 is 0. The fourth-order valence-corrected chi connectivity index (χ4v) is 2.69. The Balaban J connectivity index is 1.96. The smallest absolute Gasteiger partial charge is 0.175 e. The van der Waals surface area contributed by atoms with Crippen LogP contribution in [0.15, 0.2) is 35.1 Å². The van der Waals surface area contributed by atoms with E-state index in [1.807, 2.05) is 13.0 Å². The number of pyridine rings is 1. The summed E-state index contributed by atoms with van der Waals surface area (Å²) in [6.07, 6.45) is 5.91. The third kappa shape index (κ3) is 1.67. The summed E-state index contributed by atoms with van der Waals surface area (Å²) in [5.74, 6) is 0.839. The quantitative estimate of drug-likeness (QED) is 0.775. The predicted molar refractivity (Wildman–Crippen MR) is 67.7 cm³/mol. The molecule has 1 unspecified atom stereocenters. The highest BCUT2D eigenvalue weighted by Gasteiger charge is 2.31. The van der Waals surface area contributed by atoms with Crippen molar-refractivity contribution >= 4 is 5.78 Å². The Labute approximate surface area is 106 Å². The molecule has 0 spiro atoms. The molecule has 0 amide bonds. The van der Waals surface area contributed by atoms with Gasteiger partial charge in [0.2, 0.25) is 0 Å². The molecule has 0 aliphatic heterocycles. The maximum Gasteiger partial charge on any atom is 0.175 e. The van der Waals surface area contributed by atoms with Crippen LogP contribution < -0.4 is 0 Å². The molecule has 3 rings (SSSR count). The lowest BCUT2D eigenvalue weighted by atomic mass is 9.95. The molecular weight excluding hydrogens is 226 g/mol. The van der Waals surface area contributed by atoms with Crippen molar-refractivity contribution in [2.45, 2.75) is 32.1 Å². The highest BCUT2D eigenvalue weighted by molar-refractivity contribution is 6.02. The summed E-state index contributed by atoms with van der Waals surface area (Å²) in [6.45, 7) is 2.00. The lowest BCUT2D eigenvalue weighted by Gasteiger charge is -2.08. The fourth-order valence-electron chi connectivity index (χ4n) is 2.69. The number of hydrogen-bond acceptors (Lipinski definition) is 3. The average Bonchev–Trinajstić information content (AvgIpc) is 3.04. The van der Waals surface area contributed by atoms with Gasteiger partial charge < -0.3 is 4.42 Å². The molecule has 2 aromatic rings. The zero-order valence-electron chi connectivity index (χ0n) is 10.3. The number of Topliss-reactive ketones (excluding diaryl/α,β-unsaturated/α-hetero) is 1. The number of carbonyl (C=O) groups excluding carboxylic acids is 1. The number of aryl methyl sites for hydroxylation is 2. The predicted octanol–water partition coefficient (Wildman–Crippen LogP) is 3.15. The van der Waals surface area contributed by atoms with Gasteiger partial charge in [-0.25, -0.2) is 0 Å². The van der Waals surface area contributed by atoms with E-state index in [-0.39, 0.29) is 11.7 Å². The van der Waals surface area contributed by atoms with Gasteiger partial charge in [0.1, 0.15) is 5.76 Å². The van der Waals surface area contributed by atoms with Crippen LogP contribution in [0.3, 0.4) is 0 Å². The van der Waals surface area contributed by atoms with Gasteiger partial charge in [0, 0.05) is 12.6 Å². The summed E-state index contributed by atoms with van der Waals surface area (Å²) in [4.78, 5) is 16.9. The molecule has 0 fully saturated rings. The number of nitrogens with zero attached hydrogens (tertiary/aromatic N) is 1. The van der Waals surface area contributed by atoms with Crippen LogP contribution in [0.5, 0.6) is 0 Å². The second-order valence-corrected chi connectivity index (χ2v) is 4.61. The van der Waals surface area contributed by atoms with Crippen molar-refractivity contribution in [1.82, 2.24) is 4.98 Å². The molecule has 0 saturated heterocycles. The van der Waals surface area contributed by atoms with Gasteiger partial charge in [-0.2, -0.15) is 0 Å². The van der Waals surface area contributed by atoms with Crippen molar-refractivity contribution in [3.8, 4) is 0 Å². The molecule has 0 aromatic carbocycles. The van der Waals surface area contributed by atoms with Crippen LogP contribution in [0.2, 0.25) is 0 Å². The van der Waals surface area contributed by atoms with E-state index in [9.17, 15) is 4.79 Å². The summed E-state index contributed by atoms with van der Waals surface area (Å²) in [5, 5.41) is 0. The van der Waals surface area contributed by atoms with Crippen LogP contribution >= 0.6 is 0 Å². The standard InChI is InChI=1S/C15H15NO2/c1-2-13-11(7-9-18-13)15(17)12-6-5-10-4-3-8-16-14(10)12/h3-4,7-9,12H,2,5-6H2,1H3. The molecule has 0 radical (unpaired) electrons. The first-order chi connectivity index (χ1) is 8.81. The van der Waals surface area contributed by atoms with Crippen molar-refractivity contribution in [2.75, 3.05) is 0 Å². The summed E-state index contributed by atoms with van der Waals surface area (Å²) in [7, 11) is 0. The number of furan rings is 1. The Bertz CT molecular complexity index is 586. The minimum absolute atomic E-state index is 0.0934. The van der Waals surface area contributed by atoms with Gasteiger partial charge in [0.05, 0.1) is 23.4 Å². The van der Waals surface area contributed by atoms with Crippen molar-refractivity contribution in [3.63, 3.8) is 0 Å². The van der Waals surface area contributed by atoms with Crippen molar-refractivity contribution in [3.05, 3.63) is 53.2 Å². The van der Waals surface area contributed by atoms with Crippen LogP contribution in [0.4, 0.5) is 0 Å². The molecule has 92 valence electrons. The Kier molecular flexibility index (Phi) is 2.74. The van der Waals surface area contributed by atoms with Crippen LogP contribution in [-0.4, -0.2) is 10.8 Å². The van der Waals surface area contributed by atoms with Gasteiger partial charge in [-0.3, -0.25) is 9.78 Å². The number of hydrogen-bond donors (Lipinski definition) is 0. The van der Waals surface area contributed by atoms with Crippen molar-refractivity contribution in [2.24, 2.45) is 0 Å². The molecule has 0 bridgehead atoms. The second kappa shape index (κ2) is 4.41. The maximum atomic E-state index is 12.6. The first kappa shape index (κ1) is 11.2. The van der Waals surface area contributed by atoms with Gasteiger partial charge in [0.25, 0.3) is 0 Å². The number of aromatic nitrogens is 1. The molecule has 1 aliphatic carbocycles. The van der Waals surface area contributed by atoms with E-state index in [0.29, 0.717) is 0 Å². The number of ketones is 1. The lowest BCUT2D eigenvalue weighted by Crippen LogP contribution is -2.12. The minimum Gasteiger partial charge on any atom is -0.469 e. The topological polar surface area (TPSA) is 43.1 Å². The minimum atomic E-state index is -0.0934. The van der Waals surface area contributed by atoms with E-state index >= 15 is 0 Å². The largest absolute Gasteiger partial charge is 0.469 e. The molecule has 3 nitrogen and oxygen atoms in total. The Hall–Kier alpha value is -1.90. The number of carbonyl (C=O) groups is 1. The monoisotopic (exact) mass is 241 g/mol. The van der Waals surface area contributed by atoms with E-state index < -0.39 is 0 Å². The normalized spacial score (nSPS) is 17.7. The Morgan fingerprint density at radius 1 is 1.50 bits per heavy atom. The molecule has 2 aromatic heterocycles. The van der Waals surface area contributed by atoms with Crippen LogP contribution in [0.25, 0.3) is 0 Å². The third-order valence-electron chi connectivity index (χ3n) is 3.61. The van der Waals surface area contributed by atoms with Gasteiger partial charge in [-0.05, 0) is 30.5 Å². The molecule has 2 heterocycles. The number of rotatable bonds is 3. The van der Waals surface area contributed by atoms with Gasteiger partial charge in [-0.1, -0.05) is 13.0 Å². The molecule has 18 heavy (non-hydrogen) atoms. The van der Waals surface area contributed by atoms with Crippen molar-refractivity contribution < 1.29 is 9.21 Å². The summed E-state index contributed by atoms with van der Waals surface area (Å²) in [6, 6.07) is 5.77. The van der Waals surface area contributed by atoms with Gasteiger partial charge >= 0.3 is 0 Å². The first-order valence-electron chi connectivity index (χ1n) is 6.35. The van der Waals surface area contributed by atoms with Crippen LogP contribution in [-0.2, 0) is 12.8 Å². The molecule has 0 N–H and O–H groups in total. The van der Waals surface area contributed by atoms with Gasteiger partial charge in [0.15, 0.2) is 5.78 Å². The molecule has 1 atom stereocenters. The molecular formula is C15H15NO2. The van der Waals surface area contributed by atoms with Crippen LogP contribution in [0.1, 0.15) is 46.6 Å². The zero-order valence-corrected chi connectivity index (χ0v) is 10.3. The van der Waals surface area contributed by atoms with E-state index in [1.165, 1.54) is 5.56 Å². The van der Waals surface area contributed by atoms with E-state index in [4.69, 9.17) is 4.42 Å². The second-order valence-electron chi connectivity index (χ2n) is 4.61. The Morgan fingerprint density at radius 3 is 3.22 bits per heavy atom. The first-order valence-corrected chi connectivity index (χ1v) is 6.35. The van der Waals surface area contributed by atoms with Crippen molar-refractivity contribution in [1.29, 1.82) is 0 Å². The molecule has 1 aliphatic rings. The zero-order chi connectivity index (χ0) is 12.5. The molecule has 0 saturated carbocycles. The highest BCUT2D eigenvalue weighted by atomic mass is 16.3. The lowest BCUT2D eigenvalue weighted by molar-refractivity contribution is 0.0956. The van der Waals surface area contributed by atoms with Crippen LogP contribution in [0, 0.1) is 0 Å². The van der Waals surface area contributed by atoms with E-state index in [2.05, 4.69) is 11.1 Å². The number of fused-ring (bicyclic) bond motifs is 1. The van der Waals surface area contributed by atoms with E-state index in [0.717, 1.165) is 36.3 Å². The highest BCUT2D eigenvalue weighted by Crippen LogP contribution is 2.34. The summed E-state index contributed by atoms with van der Waals surface area (Å²) in [5.41, 5.74) is 2.88. The van der Waals surface area contributed by atoms with Gasteiger partial charge in [-0.15, -0.1) is 0 Å². The Morgan fingerprint density at radius 2 is 2.39 bits per heavy atom. The average molecular weight is 241 g/mol. The fraction of sp³-hybridized carbons (Fsp3) is 0.333. The third-order valence-corrected chi connectivity index (χ3v) is 3.61. The SMILES string of the molecule is CCc1occc1C(=O)C1CCc2cccnc21.